The van der Waals surface area contributed by atoms with Crippen LogP contribution in [0.5, 0.6) is 17.2 Å². The maximum atomic E-state index is 14.0. The summed E-state index contributed by atoms with van der Waals surface area (Å²) in [5, 5.41) is 2.96. The van der Waals surface area contributed by atoms with E-state index in [1.807, 2.05) is 30.3 Å². The van der Waals surface area contributed by atoms with Gasteiger partial charge in [0.05, 0.1) is 24.2 Å². The van der Waals surface area contributed by atoms with Gasteiger partial charge in [-0.15, -0.1) is 0 Å². The van der Waals surface area contributed by atoms with E-state index in [1.54, 1.807) is 62.6 Å². The van der Waals surface area contributed by atoms with Crippen LogP contribution in [0.25, 0.3) is 22.5 Å². The van der Waals surface area contributed by atoms with Gasteiger partial charge in [-0.1, -0.05) is 24.3 Å². The van der Waals surface area contributed by atoms with Crippen molar-refractivity contribution in [1.29, 1.82) is 0 Å². The summed E-state index contributed by atoms with van der Waals surface area (Å²) in [5.74, 6) is 1.66. The first-order valence-corrected chi connectivity index (χ1v) is 12.8. The van der Waals surface area contributed by atoms with Crippen molar-refractivity contribution in [2.45, 2.75) is 0 Å². The number of likely N-dealkylation sites (N-methyl/N-ethyl adjacent to an activating group) is 2. The van der Waals surface area contributed by atoms with Crippen LogP contribution in [0.4, 0.5) is 11.5 Å². The largest absolute Gasteiger partial charge is 0.495 e. The van der Waals surface area contributed by atoms with E-state index in [4.69, 9.17) is 15.2 Å². The van der Waals surface area contributed by atoms with Crippen molar-refractivity contribution in [3.05, 3.63) is 102 Å². The summed E-state index contributed by atoms with van der Waals surface area (Å²) in [6, 6.07) is 21.6. The number of aromatic nitrogens is 4. The zero-order chi connectivity index (χ0) is 28.9. The molecule has 2 heterocycles. The SMILES string of the molecule is CNC/C=C/C(=O)N(C)c1cc(-n2c(=O)n(-c3ccc(Oc4ccccc4)cc3)c3c(N)ncnc32)ccc1OC. The number of anilines is 2. The molecule has 0 atom stereocenters. The molecule has 0 spiro atoms. The van der Waals surface area contributed by atoms with Crippen LogP contribution in [0.1, 0.15) is 0 Å². The lowest BCUT2D eigenvalue weighted by Crippen LogP contribution is -2.26. The van der Waals surface area contributed by atoms with Gasteiger partial charge in [0.1, 0.15) is 29.1 Å². The molecule has 0 aliphatic rings. The number of nitrogens with two attached hydrogens (primary N) is 1. The molecular weight excluding hydrogens is 522 g/mol. The molecule has 1 amide bonds. The third kappa shape index (κ3) is 5.38. The van der Waals surface area contributed by atoms with Gasteiger partial charge < -0.3 is 25.4 Å². The van der Waals surface area contributed by atoms with Crippen LogP contribution in [0.15, 0.2) is 96.1 Å². The number of ether oxygens (including phenoxy) is 2. The van der Waals surface area contributed by atoms with Crippen LogP contribution >= 0.6 is 0 Å². The highest BCUT2D eigenvalue weighted by Gasteiger charge is 2.22. The van der Waals surface area contributed by atoms with E-state index < -0.39 is 5.69 Å². The van der Waals surface area contributed by atoms with E-state index in [0.29, 0.717) is 52.0 Å². The molecule has 11 heteroatoms. The Hall–Kier alpha value is -5.42. The Morgan fingerprint density at radius 1 is 1.00 bits per heavy atom. The van der Waals surface area contributed by atoms with Gasteiger partial charge in [0.2, 0.25) is 0 Å². The molecule has 5 aromatic rings. The topological polar surface area (TPSA) is 130 Å². The fourth-order valence-corrected chi connectivity index (χ4v) is 4.39. The third-order valence-corrected chi connectivity index (χ3v) is 6.42. The summed E-state index contributed by atoms with van der Waals surface area (Å²) in [6.45, 7) is 0.548. The van der Waals surface area contributed by atoms with Gasteiger partial charge in [0.15, 0.2) is 11.5 Å². The lowest BCUT2D eigenvalue weighted by molar-refractivity contribution is -0.113. The Kier molecular flexibility index (Phi) is 7.79. The highest BCUT2D eigenvalue weighted by molar-refractivity contribution is 6.02. The van der Waals surface area contributed by atoms with Gasteiger partial charge in [0, 0.05) is 19.7 Å². The highest BCUT2D eigenvalue weighted by atomic mass is 16.5. The molecule has 208 valence electrons. The summed E-state index contributed by atoms with van der Waals surface area (Å²) in [7, 11) is 4.95. The number of fused-ring (bicyclic) bond motifs is 1. The highest BCUT2D eigenvalue weighted by Crippen LogP contribution is 2.32. The second-order valence-electron chi connectivity index (χ2n) is 9.01. The van der Waals surface area contributed by atoms with E-state index in [2.05, 4.69) is 15.3 Å². The molecule has 0 unspecified atom stereocenters. The van der Waals surface area contributed by atoms with Crippen LogP contribution in [0.3, 0.4) is 0 Å². The van der Waals surface area contributed by atoms with Crippen molar-refractivity contribution in [1.82, 2.24) is 24.4 Å². The zero-order valence-electron chi connectivity index (χ0n) is 22.8. The number of rotatable bonds is 9. The number of nitrogens with zero attached hydrogens (tertiary/aromatic N) is 5. The molecule has 0 aliphatic carbocycles. The molecule has 0 saturated heterocycles. The Bertz CT molecular complexity index is 1780. The van der Waals surface area contributed by atoms with Gasteiger partial charge in [0.25, 0.3) is 5.91 Å². The van der Waals surface area contributed by atoms with Gasteiger partial charge in [-0.05, 0) is 61.6 Å². The number of para-hydroxylation sites is 1. The van der Waals surface area contributed by atoms with E-state index in [1.165, 1.54) is 33.5 Å². The molecule has 3 N–H and O–H groups in total. The summed E-state index contributed by atoms with van der Waals surface area (Å²) < 4.78 is 14.3. The van der Waals surface area contributed by atoms with E-state index in [0.717, 1.165) is 0 Å². The monoisotopic (exact) mass is 551 g/mol. The molecule has 11 nitrogen and oxygen atoms in total. The molecule has 0 bridgehead atoms. The number of benzene rings is 3. The van der Waals surface area contributed by atoms with Crippen LogP contribution in [0.2, 0.25) is 0 Å². The predicted molar refractivity (Wildman–Crippen MR) is 158 cm³/mol. The normalized spacial score (nSPS) is 11.2. The Labute approximate surface area is 236 Å². The summed E-state index contributed by atoms with van der Waals surface area (Å²) in [6.07, 6.45) is 4.50. The number of amides is 1. The summed E-state index contributed by atoms with van der Waals surface area (Å²) in [4.78, 5) is 36.8. The fourth-order valence-electron chi connectivity index (χ4n) is 4.39. The first kappa shape index (κ1) is 27.2. The van der Waals surface area contributed by atoms with Crippen molar-refractivity contribution in [3.63, 3.8) is 0 Å². The second kappa shape index (κ2) is 11.8. The first-order valence-electron chi connectivity index (χ1n) is 12.8. The number of carbonyl (C=O) groups excluding carboxylic acids is 1. The van der Waals surface area contributed by atoms with Crippen LogP contribution in [-0.4, -0.2) is 52.8 Å². The van der Waals surface area contributed by atoms with Crippen molar-refractivity contribution in [2.75, 3.05) is 38.4 Å². The number of carbonyl (C=O) groups is 1. The number of hydrogen-bond donors (Lipinski definition) is 2. The van der Waals surface area contributed by atoms with Crippen molar-refractivity contribution in [3.8, 4) is 28.6 Å². The maximum absolute atomic E-state index is 14.0. The summed E-state index contributed by atoms with van der Waals surface area (Å²) in [5.41, 5.74) is 8.02. The quantitative estimate of drug-likeness (QED) is 0.265. The maximum Gasteiger partial charge on any atom is 0.339 e. The zero-order valence-corrected chi connectivity index (χ0v) is 22.8. The van der Waals surface area contributed by atoms with Gasteiger partial charge in [-0.2, -0.15) is 0 Å². The lowest BCUT2D eigenvalue weighted by atomic mass is 10.2. The van der Waals surface area contributed by atoms with Crippen molar-refractivity contribution in [2.24, 2.45) is 0 Å². The minimum Gasteiger partial charge on any atom is -0.495 e. The number of nitrogen functional groups attached to an aromatic ring is 1. The van der Waals surface area contributed by atoms with Crippen molar-refractivity contribution < 1.29 is 14.3 Å². The molecule has 0 saturated carbocycles. The lowest BCUT2D eigenvalue weighted by Gasteiger charge is -2.19. The van der Waals surface area contributed by atoms with E-state index >= 15 is 0 Å². The summed E-state index contributed by atoms with van der Waals surface area (Å²) >= 11 is 0. The van der Waals surface area contributed by atoms with Crippen molar-refractivity contribution >= 4 is 28.6 Å². The van der Waals surface area contributed by atoms with Crippen LogP contribution < -0.4 is 31.1 Å². The Morgan fingerprint density at radius 3 is 2.41 bits per heavy atom. The molecule has 2 aromatic heterocycles. The molecular formula is C30H29N7O4. The second-order valence-corrected chi connectivity index (χ2v) is 9.01. The Balaban J connectivity index is 1.60. The van der Waals surface area contributed by atoms with Crippen LogP contribution in [-0.2, 0) is 4.79 Å². The molecule has 3 aromatic carbocycles. The molecule has 0 radical (unpaired) electrons. The predicted octanol–water partition coefficient (Wildman–Crippen LogP) is 3.69. The number of hydrogen-bond acceptors (Lipinski definition) is 8. The van der Waals surface area contributed by atoms with Gasteiger partial charge >= 0.3 is 5.69 Å². The van der Waals surface area contributed by atoms with E-state index in [9.17, 15) is 9.59 Å². The van der Waals surface area contributed by atoms with E-state index in [-0.39, 0.29) is 11.7 Å². The average Bonchev–Trinajstić information content (AvgIpc) is 3.30. The Morgan fingerprint density at radius 2 is 1.71 bits per heavy atom. The molecule has 0 aliphatic heterocycles. The van der Waals surface area contributed by atoms with Gasteiger partial charge in [-0.25, -0.2) is 19.3 Å². The fraction of sp³-hybridized carbons (Fsp3) is 0.133. The minimum atomic E-state index is -0.414. The number of nitrogens with one attached hydrogen (secondary N) is 1. The number of methoxy groups -OCH3 is 1. The average molecular weight is 552 g/mol. The standard InChI is InChI=1S/C30H29N7O4/c1-32-17-7-10-26(38)35(2)24-18-21(13-16-25(24)40-3)37-29-27(28(31)33-19-34-29)36(30(37)39)20-11-14-23(15-12-20)41-22-8-5-4-6-9-22/h4-16,18-19,32H,17H2,1-3H3,(H2,31,33,34)/b10-7+. The van der Waals surface area contributed by atoms with Crippen LogP contribution in [0, 0.1) is 0 Å². The third-order valence-electron chi connectivity index (χ3n) is 6.42. The molecule has 0 fully saturated rings. The molecule has 5 rings (SSSR count). The number of imidazole rings is 1. The molecule has 41 heavy (non-hydrogen) atoms. The van der Waals surface area contributed by atoms with Gasteiger partial charge in [-0.3, -0.25) is 9.36 Å². The smallest absolute Gasteiger partial charge is 0.339 e. The first-order chi connectivity index (χ1) is 19.9. The minimum absolute atomic E-state index is 0.145.